The molecule has 0 aliphatic heterocycles. The summed E-state index contributed by atoms with van der Waals surface area (Å²) >= 11 is 1.39. The van der Waals surface area contributed by atoms with Crippen LogP contribution in [0.2, 0.25) is 0 Å². The quantitative estimate of drug-likeness (QED) is 0.686. The summed E-state index contributed by atoms with van der Waals surface area (Å²) in [5.74, 6) is 1.33. The standard InChI is InChI=1S/C21H27N5OS/c1-14(2)21(4,13-22)23-19(27)15(3)28-20-25-24-18(17-10-11-17)26(20)12-16-8-6-5-7-9-16/h5-9,14-15,17H,10-12H2,1-4H3,(H,23,27)/t15-,21-/m1/s1. The van der Waals surface area contributed by atoms with Gasteiger partial charge in [0.1, 0.15) is 11.4 Å². The van der Waals surface area contributed by atoms with E-state index in [9.17, 15) is 10.1 Å². The summed E-state index contributed by atoms with van der Waals surface area (Å²) in [5, 5.41) is 21.5. The van der Waals surface area contributed by atoms with Gasteiger partial charge < -0.3 is 9.88 Å². The van der Waals surface area contributed by atoms with Crippen LogP contribution in [0.4, 0.5) is 0 Å². The Morgan fingerprint density at radius 1 is 1.32 bits per heavy atom. The molecule has 148 valence electrons. The van der Waals surface area contributed by atoms with Crippen LogP contribution in [0.5, 0.6) is 0 Å². The predicted molar refractivity (Wildman–Crippen MR) is 110 cm³/mol. The Hall–Kier alpha value is -2.33. The van der Waals surface area contributed by atoms with Crippen molar-refractivity contribution in [3.05, 3.63) is 41.7 Å². The molecule has 2 atom stereocenters. The van der Waals surface area contributed by atoms with Crippen molar-refractivity contribution in [3.63, 3.8) is 0 Å². The number of carbonyl (C=O) groups is 1. The molecule has 1 N–H and O–H groups in total. The molecule has 0 saturated heterocycles. The molecule has 28 heavy (non-hydrogen) atoms. The average molecular weight is 398 g/mol. The number of aromatic nitrogens is 3. The Morgan fingerprint density at radius 2 is 2.00 bits per heavy atom. The maximum absolute atomic E-state index is 12.7. The molecule has 1 heterocycles. The molecule has 1 aliphatic rings. The average Bonchev–Trinajstić information content (AvgIpc) is 3.45. The van der Waals surface area contributed by atoms with Crippen molar-refractivity contribution >= 4 is 17.7 Å². The topological polar surface area (TPSA) is 83.6 Å². The zero-order valence-corrected chi connectivity index (χ0v) is 17.7. The van der Waals surface area contributed by atoms with E-state index in [-0.39, 0.29) is 17.1 Å². The molecule has 0 spiro atoms. The number of nitrogens with zero attached hydrogens (tertiary/aromatic N) is 4. The molecule has 3 rings (SSSR count). The highest BCUT2D eigenvalue weighted by molar-refractivity contribution is 8.00. The zero-order valence-electron chi connectivity index (χ0n) is 16.8. The van der Waals surface area contributed by atoms with Crippen LogP contribution in [0.25, 0.3) is 0 Å². The fourth-order valence-corrected chi connectivity index (χ4v) is 3.67. The molecule has 0 unspecified atom stereocenters. The highest BCUT2D eigenvalue weighted by Gasteiger charge is 2.34. The molecule has 1 aliphatic carbocycles. The Bertz CT molecular complexity index is 869. The molecule has 1 amide bonds. The molecule has 0 bridgehead atoms. The third kappa shape index (κ3) is 4.56. The lowest BCUT2D eigenvalue weighted by atomic mass is 9.90. The van der Waals surface area contributed by atoms with E-state index >= 15 is 0 Å². The maximum Gasteiger partial charge on any atom is 0.234 e. The summed E-state index contributed by atoms with van der Waals surface area (Å²) in [6.07, 6.45) is 2.28. The summed E-state index contributed by atoms with van der Waals surface area (Å²) in [6, 6.07) is 12.4. The van der Waals surface area contributed by atoms with Crippen LogP contribution in [0.15, 0.2) is 35.5 Å². The Kier molecular flexibility index (Phi) is 6.09. The van der Waals surface area contributed by atoms with Crippen molar-refractivity contribution in [2.24, 2.45) is 5.92 Å². The molecule has 1 saturated carbocycles. The minimum Gasteiger partial charge on any atom is -0.337 e. The smallest absolute Gasteiger partial charge is 0.234 e. The van der Waals surface area contributed by atoms with E-state index in [1.807, 2.05) is 39.0 Å². The van der Waals surface area contributed by atoms with Gasteiger partial charge >= 0.3 is 0 Å². The van der Waals surface area contributed by atoms with Gasteiger partial charge in [-0.3, -0.25) is 4.79 Å². The third-order valence-electron chi connectivity index (χ3n) is 5.29. The van der Waals surface area contributed by atoms with Gasteiger partial charge in [-0.2, -0.15) is 5.26 Å². The van der Waals surface area contributed by atoms with Gasteiger partial charge in [-0.15, -0.1) is 10.2 Å². The van der Waals surface area contributed by atoms with E-state index in [2.05, 4.69) is 38.3 Å². The number of amides is 1. The molecular formula is C21H27N5OS. The highest BCUT2D eigenvalue weighted by Crippen LogP contribution is 2.40. The van der Waals surface area contributed by atoms with Gasteiger partial charge in [0, 0.05) is 5.92 Å². The summed E-state index contributed by atoms with van der Waals surface area (Å²) in [6.45, 7) is 8.16. The predicted octanol–water partition coefficient (Wildman–Crippen LogP) is 3.74. The van der Waals surface area contributed by atoms with Crippen LogP contribution < -0.4 is 5.32 Å². The summed E-state index contributed by atoms with van der Waals surface area (Å²) in [5.41, 5.74) is 0.294. The normalized spacial score (nSPS) is 17.0. The Morgan fingerprint density at radius 3 is 2.57 bits per heavy atom. The number of hydrogen-bond donors (Lipinski definition) is 1. The van der Waals surface area contributed by atoms with Crippen molar-refractivity contribution in [2.45, 2.75) is 68.9 Å². The summed E-state index contributed by atoms with van der Waals surface area (Å²) < 4.78 is 2.13. The number of benzene rings is 1. The van der Waals surface area contributed by atoms with Crippen molar-refractivity contribution < 1.29 is 4.79 Å². The lowest BCUT2D eigenvalue weighted by Gasteiger charge is -2.28. The molecule has 1 aromatic carbocycles. The van der Waals surface area contributed by atoms with Crippen molar-refractivity contribution in [3.8, 4) is 6.07 Å². The van der Waals surface area contributed by atoms with E-state index < -0.39 is 5.54 Å². The first-order valence-electron chi connectivity index (χ1n) is 9.71. The van der Waals surface area contributed by atoms with E-state index in [1.54, 1.807) is 6.92 Å². The van der Waals surface area contributed by atoms with Crippen molar-refractivity contribution in [2.75, 3.05) is 0 Å². The molecule has 0 radical (unpaired) electrons. The number of rotatable bonds is 8. The fraction of sp³-hybridized carbons (Fsp3) is 0.524. The SMILES string of the molecule is CC(C)[C@@](C)(C#N)NC(=O)[C@@H](C)Sc1nnc(C2CC2)n1Cc1ccccc1. The van der Waals surface area contributed by atoms with Gasteiger partial charge in [0.25, 0.3) is 0 Å². The zero-order chi connectivity index (χ0) is 20.3. The molecule has 6 nitrogen and oxygen atoms in total. The van der Waals surface area contributed by atoms with Crippen LogP contribution in [0.1, 0.15) is 57.8 Å². The van der Waals surface area contributed by atoms with Gasteiger partial charge in [0.05, 0.1) is 17.9 Å². The monoisotopic (exact) mass is 397 g/mol. The first kappa shape index (κ1) is 20.4. The number of nitrogens with one attached hydrogen (secondary N) is 1. The summed E-state index contributed by atoms with van der Waals surface area (Å²) in [4.78, 5) is 12.7. The molecule has 7 heteroatoms. The van der Waals surface area contributed by atoms with Gasteiger partial charge in [0.2, 0.25) is 5.91 Å². The van der Waals surface area contributed by atoms with Gasteiger partial charge in [0.15, 0.2) is 5.16 Å². The molecule has 1 aromatic heterocycles. The lowest BCUT2D eigenvalue weighted by Crippen LogP contribution is -2.51. The lowest BCUT2D eigenvalue weighted by molar-refractivity contribution is -0.121. The molecule has 1 fully saturated rings. The van der Waals surface area contributed by atoms with Crippen LogP contribution in [-0.4, -0.2) is 31.5 Å². The number of thioether (sulfide) groups is 1. The van der Waals surface area contributed by atoms with Gasteiger partial charge in [-0.05, 0) is 38.2 Å². The minimum atomic E-state index is -0.886. The van der Waals surface area contributed by atoms with E-state index in [4.69, 9.17) is 0 Å². The Labute approximate surface area is 170 Å². The first-order valence-corrected chi connectivity index (χ1v) is 10.6. The second kappa shape index (κ2) is 8.36. The van der Waals surface area contributed by atoms with E-state index in [0.29, 0.717) is 12.5 Å². The second-order valence-corrected chi connectivity index (χ2v) is 9.21. The fourth-order valence-electron chi connectivity index (χ4n) is 2.82. The van der Waals surface area contributed by atoms with Gasteiger partial charge in [-0.25, -0.2) is 0 Å². The first-order chi connectivity index (χ1) is 13.3. The highest BCUT2D eigenvalue weighted by atomic mass is 32.2. The van der Waals surface area contributed by atoms with Crippen molar-refractivity contribution in [1.29, 1.82) is 5.26 Å². The van der Waals surface area contributed by atoms with Crippen LogP contribution in [0.3, 0.4) is 0 Å². The number of hydrogen-bond acceptors (Lipinski definition) is 5. The second-order valence-electron chi connectivity index (χ2n) is 7.90. The minimum absolute atomic E-state index is 0.0156. The number of nitriles is 1. The summed E-state index contributed by atoms with van der Waals surface area (Å²) in [7, 11) is 0. The van der Waals surface area contributed by atoms with E-state index in [1.165, 1.54) is 17.3 Å². The van der Waals surface area contributed by atoms with Crippen molar-refractivity contribution in [1.82, 2.24) is 20.1 Å². The number of carbonyl (C=O) groups excluding carboxylic acids is 1. The maximum atomic E-state index is 12.7. The largest absolute Gasteiger partial charge is 0.337 e. The van der Waals surface area contributed by atoms with Gasteiger partial charge in [-0.1, -0.05) is 55.9 Å². The molecule has 2 aromatic rings. The third-order valence-corrected chi connectivity index (χ3v) is 6.37. The molecular weight excluding hydrogens is 370 g/mol. The van der Waals surface area contributed by atoms with Crippen LogP contribution >= 0.6 is 11.8 Å². The van der Waals surface area contributed by atoms with E-state index in [0.717, 1.165) is 23.8 Å². The van der Waals surface area contributed by atoms with Crippen LogP contribution in [0, 0.1) is 17.2 Å². The van der Waals surface area contributed by atoms with Crippen LogP contribution in [-0.2, 0) is 11.3 Å². The Balaban J connectivity index is 1.76.